The molecule has 4 rings (SSSR count). The summed E-state index contributed by atoms with van der Waals surface area (Å²) in [6, 6.07) is 18.5. The van der Waals surface area contributed by atoms with Gasteiger partial charge in [-0.15, -0.1) is 0 Å². The molecule has 0 aliphatic carbocycles. The van der Waals surface area contributed by atoms with Gasteiger partial charge in [0.05, 0.1) is 17.7 Å². The van der Waals surface area contributed by atoms with Crippen molar-refractivity contribution in [3.05, 3.63) is 78.4 Å². The molecule has 0 N–H and O–H groups in total. The number of hydrogen-bond acceptors (Lipinski definition) is 3. The van der Waals surface area contributed by atoms with Crippen LogP contribution in [0.2, 0.25) is 0 Å². The summed E-state index contributed by atoms with van der Waals surface area (Å²) in [7, 11) is 1.87. The Balaban J connectivity index is 1.64. The highest BCUT2D eigenvalue weighted by molar-refractivity contribution is 6.07. The van der Waals surface area contributed by atoms with Crippen LogP contribution < -0.4 is 9.80 Å². The average molecular weight is 332 g/mol. The van der Waals surface area contributed by atoms with Crippen molar-refractivity contribution in [1.29, 1.82) is 0 Å². The molecule has 5 heteroatoms. The molecule has 5 nitrogen and oxygen atoms in total. The van der Waals surface area contributed by atoms with E-state index in [1.54, 1.807) is 17.1 Å². The van der Waals surface area contributed by atoms with Crippen LogP contribution in [-0.4, -0.2) is 28.5 Å². The fourth-order valence-electron chi connectivity index (χ4n) is 3.26. The van der Waals surface area contributed by atoms with Crippen LogP contribution in [-0.2, 0) is 13.6 Å². The van der Waals surface area contributed by atoms with E-state index in [9.17, 15) is 4.79 Å². The lowest BCUT2D eigenvalue weighted by Gasteiger charge is -2.37. The lowest BCUT2D eigenvalue weighted by Crippen LogP contribution is -2.44. The van der Waals surface area contributed by atoms with Gasteiger partial charge < -0.3 is 14.4 Å². The third kappa shape index (κ3) is 3.01. The van der Waals surface area contributed by atoms with E-state index in [4.69, 9.17) is 0 Å². The summed E-state index contributed by atoms with van der Waals surface area (Å²) in [6.07, 6.45) is 3.42. The molecular formula is C20H20N4O. The monoisotopic (exact) mass is 332 g/mol. The SMILES string of the molecule is Cn1cnc(C(=O)N2CCN(Cc3ccccc3)c3ccccc32)c1. The van der Waals surface area contributed by atoms with Crippen molar-refractivity contribution >= 4 is 17.3 Å². The molecule has 0 atom stereocenters. The molecule has 0 unspecified atom stereocenters. The number of rotatable bonds is 3. The second-order valence-corrected chi connectivity index (χ2v) is 6.28. The predicted molar refractivity (Wildman–Crippen MR) is 98.8 cm³/mol. The van der Waals surface area contributed by atoms with E-state index >= 15 is 0 Å². The lowest BCUT2D eigenvalue weighted by molar-refractivity contribution is 0.0982. The van der Waals surface area contributed by atoms with E-state index in [1.807, 2.05) is 36.2 Å². The van der Waals surface area contributed by atoms with Crippen molar-refractivity contribution in [2.45, 2.75) is 6.54 Å². The van der Waals surface area contributed by atoms with Crippen molar-refractivity contribution in [2.75, 3.05) is 22.9 Å². The first-order chi connectivity index (χ1) is 12.2. The molecule has 0 saturated heterocycles. The highest BCUT2D eigenvalue weighted by Crippen LogP contribution is 2.34. The molecule has 126 valence electrons. The fraction of sp³-hybridized carbons (Fsp3) is 0.200. The number of aryl methyl sites for hydroxylation is 1. The minimum atomic E-state index is -0.0487. The van der Waals surface area contributed by atoms with Gasteiger partial charge in [0.1, 0.15) is 5.69 Å². The number of benzene rings is 2. The molecule has 1 aromatic heterocycles. The zero-order chi connectivity index (χ0) is 17.2. The number of nitrogens with zero attached hydrogens (tertiary/aromatic N) is 4. The van der Waals surface area contributed by atoms with Crippen molar-refractivity contribution in [3.63, 3.8) is 0 Å². The molecule has 0 spiro atoms. The molecule has 0 saturated carbocycles. The van der Waals surface area contributed by atoms with Crippen molar-refractivity contribution < 1.29 is 4.79 Å². The summed E-state index contributed by atoms with van der Waals surface area (Å²) >= 11 is 0. The number of carbonyl (C=O) groups excluding carboxylic acids is 1. The topological polar surface area (TPSA) is 41.4 Å². The van der Waals surface area contributed by atoms with Crippen LogP contribution in [0.5, 0.6) is 0 Å². The zero-order valence-electron chi connectivity index (χ0n) is 14.2. The van der Waals surface area contributed by atoms with E-state index in [-0.39, 0.29) is 5.91 Å². The first kappa shape index (κ1) is 15.4. The van der Waals surface area contributed by atoms with Gasteiger partial charge in [-0.2, -0.15) is 0 Å². The van der Waals surface area contributed by atoms with Crippen molar-refractivity contribution in [1.82, 2.24) is 9.55 Å². The van der Waals surface area contributed by atoms with Crippen LogP contribution in [0.15, 0.2) is 67.1 Å². The van der Waals surface area contributed by atoms with Crippen LogP contribution in [0.3, 0.4) is 0 Å². The minimum Gasteiger partial charge on any atom is -0.364 e. The average Bonchev–Trinajstić information content (AvgIpc) is 3.09. The van der Waals surface area contributed by atoms with Gasteiger partial charge in [-0.1, -0.05) is 42.5 Å². The number of carbonyl (C=O) groups is 1. The highest BCUT2D eigenvalue weighted by atomic mass is 16.2. The van der Waals surface area contributed by atoms with Gasteiger partial charge >= 0.3 is 0 Å². The smallest absolute Gasteiger partial charge is 0.278 e. The Bertz CT molecular complexity index is 887. The first-order valence-corrected chi connectivity index (χ1v) is 8.40. The van der Waals surface area contributed by atoms with E-state index < -0.39 is 0 Å². The highest BCUT2D eigenvalue weighted by Gasteiger charge is 2.28. The normalized spacial score (nSPS) is 13.6. The first-order valence-electron chi connectivity index (χ1n) is 8.40. The maximum absolute atomic E-state index is 12.9. The Hall–Kier alpha value is -3.08. The summed E-state index contributed by atoms with van der Waals surface area (Å²) in [4.78, 5) is 21.2. The Morgan fingerprint density at radius 3 is 2.44 bits per heavy atom. The minimum absolute atomic E-state index is 0.0487. The van der Waals surface area contributed by atoms with E-state index in [2.05, 4.69) is 40.2 Å². The Labute approximate surface area is 147 Å². The third-order valence-corrected chi connectivity index (χ3v) is 4.49. The number of hydrogen-bond donors (Lipinski definition) is 0. The standard InChI is InChI=1S/C20H20N4O/c1-22-14-17(21-15-22)20(25)24-12-11-23(13-16-7-3-2-4-8-16)18-9-5-6-10-19(18)24/h2-10,14-15H,11-13H2,1H3. The lowest BCUT2D eigenvalue weighted by atomic mass is 10.1. The molecule has 0 radical (unpaired) electrons. The van der Waals surface area contributed by atoms with Gasteiger partial charge in [0.2, 0.25) is 0 Å². The second-order valence-electron chi connectivity index (χ2n) is 6.28. The largest absolute Gasteiger partial charge is 0.364 e. The summed E-state index contributed by atoms with van der Waals surface area (Å²) in [5, 5.41) is 0. The molecule has 1 aliphatic rings. The van der Waals surface area contributed by atoms with Crippen LogP contribution >= 0.6 is 0 Å². The van der Waals surface area contributed by atoms with E-state index in [1.165, 1.54) is 5.56 Å². The van der Waals surface area contributed by atoms with Gasteiger partial charge in [-0.25, -0.2) is 4.98 Å². The third-order valence-electron chi connectivity index (χ3n) is 4.49. The Morgan fingerprint density at radius 2 is 1.72 bits per heavy atom. The van der Waals surface area contributed by atoms with Crippen LogP contribution in [0, 0.1) is 0 Å². The molecule has 0 bridgehead atoms. The fourth-order valence-corrected chi connectivity index (χ4v) is 3.26. The molecule has 1 aliphatic heterocycles. The van der Waals surface area contributed by atoms with Crippen LogP contribution in [0.4, 0.5) is 11.4 Å². The van der Waals surface area contributed by atoms with E-state index in [0.29, 0.717) is 12.2 Å². The van der Waals surface area contributed by atoms with E-state index in [0.717, 1.165) is 24.5 Å². The van der Waals surface area contributed by atoms with Crippen LogP contribution in [0.1, 0.15) is 16.1 Å². The zero-order valence-corrected chi connectivity index (χ0v) is 14.2. The number of para-hydroxylation sites is 2. The van der Waals surface area contributed by atoms with Gasteiger partial charge in [-0.05, 0) is 17.7 Å². The maximum atomic E-state index is 12.9. The summed E-state index contributed by atoms with van der Waals surface area (Å²) in [5.41, 5.74) is 3.78. The predicted octanol–water partition coefficient (Wildman–Crippen LogP) is 3.09. The van der Waals surface area contributed by atoms with Crippen molar-refractivity contribution in [2.24, 2.45) is 7.05 Å². The summed E-state index contributed by atoms with van der Waals surface area (Å²) < 4.78 is 1.80. The second kappa shape index (κ2) is 6.43. The molecular weight excluding hydrogens is 312 g/mol. The summed E-state index contributed by atoms with van der Waals surface area (Å²) in [5.74, 6) is -0.0487. The Morgan fingerprint density at radius 1 is 1.00 bits per heavy atom. The Kier molecular flexibility index (Phi) is 3.98. The molecule has 25 heavy (non-hydrogen) atoms. The number of anilines is 2. The van der Waals surface area contributed by atoms with Gasteiger partial charge in [0.15, 0.2) is 0 Å². The molecule has 2 heterocycles. The molecule has 2 aromatic carbocycles. The quantitative estimate of drug-likeness (QED) is 0.740. The molecule has 3 aromatic rings. The number of fused-ring (bicyclic) bond motifs is 1. The maximum Gasteiger partial charge on any atom is 0.278 e. The molecule has 1 amide bonds. The number of aromatic nitrogens is 2. The molecule has 0 fully saturated rings. The number of imidazole rings is 1. The summed E-state index contributed by atoms with van der Waals surface area (Å²) in [6.45, 7) is 2.28. The number of amides is 1. The van der Waals surface area contributed by atoms with Gasteiger partial charge in [0.25, 0.3) is 5.91 Å². The van der Waals surface area contributed by atoms with Crippen LogP contribution in [0.25, 0.3) is 0 Å². The van der Waals surface area contributed by atoms with Gasteiger partial charge in [-0.3, -0.25) is 4.79 Å². The van der Waals surface area contributed by atoms with Gasteiger partial charge in [0, 0.05) is 32.9 Å². The van der Waals surface area contributed by atoms with Crippen molar-refractivity contribution in [3.8, 4) is 0 Å².